The lowest BCUT2D eigenvalue weighted by Crippen LogP contribution is -2.39. The van der Waals surface area contributed by atoms with Crippen LogP contribution in [0.5, 0.6) is 0 Å². The van der Waals surface area contributed by atoms with Gasteiger partial charge in [-0.25, -0.2) is 19.7 Å². The highest BCUT2D eigenvalue weighted by atomic mass is 35.5. The van der Waals surface area contributed by atoms with E-state index >= 15 is 0 Å². The molecule has 1 N–H and O–H groups in total. The van der Waals surface area contributed by atoms with Gasteiger partial charge in [-0.1, -0.05) is 0 Å². The van der Waals surface area contributed by atoms with Gasteiger partial charge in [0.15, 0.2) is 11.6 Å². The minimum absolute atomic E-state index is 0. The zero-order chi connectivity index (χ0) is 21.1. The van der Waals surface area contributed by atoms with Crippen LogP contribution >= 0.6 is 12.4 Å². The summed E-state index contributed by atoms with van der Waals surface area (Å²) in [6.07, 6.45) is 10.2. The van der Waals surface area contributed by atoms with Crippen molar-refractivity contribution in [3.8, 4) is 11.4 Å². The second kappa shape index (κ2) is 9.44. The lowest BCUT2D eigenvalue weighted by Gasteiger charge is -2.35. The van der Waals surface area contributed by atoms with Gasteiger partial charge in [-0.3, -0.25) is 4.90 Å². The number of hydrogen-bond acceptors (Lipinski definition) is 8. The number of nitrogens with one attached hydrogen (secondary N) is 1. The molecule has 2 fully saturated rings. The third-order valence-corrected chi connectivity index (χ3v) is 5.98. The van der Waals surface area contributed by atoms with Crippen molar-refractivity contribution in [1.29, 1.82) is 0 Å². The third-order valence-electron chi connectivity index (χ3n) is 5.98. The first-order valence-corrected chi connectivity index (χ1v) is 10.5. The first kappa shape index (κ1) is 21.9. The molecule has 10 heteroatoms. The van der Waals surface area contributed by atoms with Crippen LogP contribution in [0.1, 0.15) is 25.7 Å². The van der Waals surface area contributed by atoms with Gasteiger partial charge < -0.3 is 10.1 Å². The smallest absolute Gasteiger partial charge is 0.416 e. The summed E-state index contributed by atoms with van der Waals surface area (Å²) in [5, 5.41) is 11.3. The fourth-order valence-electron chi connectivity index (χ4n) is 4.23. The molecule has 32 heavy (non-hydrogen) atoms. The molecule has 0 bridgehead atoms. The number of anilines is 2. The molecule has 1 aliphatic heterocycles. The second-order valence-electron chi connectivity index (χ2n) is 8.05. The topological polar surface area (TPSA) is 106 Å². The molecule has 1 spiro atoms. The Morgan fingerprint density at radius 3 is 2.56 bits per heavy atom. The summed E-state index contributed by atoms with van der Waals surface area (Å²) >= 11 is 0. The maximum atomic E-state index is 12.4. The molecule has 4 heterocycles. The molecular weight excluding hydrogens is 430 g/mol. The molecule has 5 rings (SSSR count). The van der Waals surface area contributed by atoms with E-state index in [9.17, 15) is 4.79 Å². The predicted octanol–water partition coefficient (Wildman–Crippen LogP) is 3.75. The van der Waals surface area contributed by atoms with Gasteiger partial charge in [0, 0.05) is 36.9 Å². The highest BCUT2D eigenvalue weighted by Crippen LogP contribution is 2.40. The molecule has 1 aliphatic carbocycles. The number of rotatable bonds is 5. The van der Waals surface area contributed by atoms with Crippen molar-refractivity contribution >= 4 is 30.1 Å². The number of aromatic nitrogens is 5. The van der Waals surface area contributed by atoms with Crippen LogP contribution in [0.15, 0.2) is 55.1 Å². The summed E-state index contributed by atoms with van der Waals surface area (Å²) < 4.78 is 5.80. The maximum Gasteiger partial charge on any atom is 0.416 e. The van der Waals surface area contributed by atoms with E-state index in [1.54, 1.807) is 47.9 Å². The number of carbonyl (C=O) groups excluding carboxylic acids is 1. The first-order chi connectivity index (χ1) is 15.2. The maximum absolute atomic E-state index is 12.4. The molecule has 0 unspecified atom stereocenters. The molecule has 1 amide bonds. The van der Waals surface area contributed by atoms with Gasteiger partial charge in [0.25, 0.3) is 0 Å². The molecule has 3 aromatic heterocycles. The van der Waals surface area contributed by atoms with Gasteiger partial charge in [-0.05, 0) is 61.9 Å². The van der Waals surface area contributed by atoms with Crippen LogP contribution in [-0.2, 0) is 4.74 Å². The molecule has 3 aromatic rings. The van der Waals surface area contributed by atoms with Crippen molar-refractivity contribution in [1.82, 2.24) is 25.1 Å². The molecular formula is C22H24ClN7O2. The number of hydrogen-bond donors (Lipinski definition) is 1. The van der Waals surface area contributed by atoms with Crippen LogP contribution in [-0.4, -0.2) is 49.9 Å². The summed E-state index contributed by atoms with van der Waals surface area (Å²) in [7, 11) is 0. The number of nitrogens with zero attached hydrogens (tertiary/aromatic N) is 6. The standard InChI is InChI=1S/C22H23N7O2.ClH/c30-21-29(19-3-1-12-27-28-19)15-22(31-21)8-6-16(7-9-22)13-25-18-5-4-17(14-26-18)20-23-10-2-11-24-20;/h1-5,10-12,14,16H,6-9,13,15H2,(H,25,26);1H/t16-,22-;. The normalized spacial score (nSPS) is 22.3. The zero-order valence-corrected chi connectivity index (χ0v) is 18.2. The number of amides is 1. The van der Waals surface area contributed by atoms with E-state index in [0.29, 0.717) is 24.1 Å². The van der Waals surface area contributed by atoms with Crippen LogP contribution in [0.4, 0.5) is 16.4 Å². The zero-order valence-electron chi connectivity index (χ0n) is 17.4. The molecule has 0 atom stereocenters. The molecule has 2 aliphatic rings. The average molecular weight is 454 g/mol. The summed E-state index contributed by atoms with van der Waals surface area (Å²) in [5.41, 5.74) is 0.474. The molecule has 0 aromatic carbocycles. The molecule has 0 radical (unpaired) electrons. The SMILES string of the molecule is Cl.O=C1O[C@]2(CC[C@H](CNc3ccc(-c4ncccn4)cn3)CC2)CN1c1cccnn1. The first-order valence-electron chi connectivity index (χ1n) is 10.5. The highest BCUT2D eigenvalue weighted by molar-refractivity contribution is 5.89. The Hall–Kier alpha value is -3.33. The number of carbonyl (C=O) groups is 1. The Labute approximate surface area is 192 Å². The van der Waals surface area contributed by atoms with E-state index in [0.717, 1.165) is 43.6 Å². The van der Waals surface area contributed by atoms with Gasteiger partial charge in [-0.2, -0.15) is 5.10 Å². The van der Waals surface area contributed by atoms with E-state index in [2.05, 4.69) is 30.5 Å². The van der Waals surface area contributed by atoms with E-state index in [1.165, 1.54) is 0 Å². The van der Waals surface area contributed by atoms with Gasteiger partial charge in [0.05, 0.1) is 6.54 Å². The Bertz CT molecular complexity index is 1030. The predicted molar refractivity (Wildman–Crippen MR) is 122 cm³/mol. The van der Waals surface area contributed by atoms with Gasteiger partial charge in [0.1, 0.15) is 11.4 Å². The summed E-state index contributed by atoms with van der Waals surface area (Å²) in [5.74, 6) is 2.55. The summed E-state index contributed by atoms with van der Waals surface area (Å²) in [6.45, 7) is 1.38. The quantitative estimate of drug-likeness (QED) is 0.622. The van der Waals surface area contributed by atoms with Crippen LogP contribution in [0, 0.1) is 5.92 Å². The highest BCUT2D eigenvalue weighted by Gasteiger charge is 2.48. The van der Waals surface area contributed by atoms with Crippen molar-refractivity contribution in [2.75, 3.05) is 23.3 Å². The summed E-state index contributed by atoms with van der Waals surface area (Å²) in [4.78, 5) is 26.9. The van der Waals surface area contributed by atoms with Crippen LogP contribution in [0.2, 0.25) is 0 Å². The Balaban J connectivity index is 0.00000245. The fraction of sp³-hybridized carbons (Fsp3) is 0.364. The van der Waals surface area contributed by atoms with Crippen LogP contribution < -0.4 is 10.2 Å². The minimum Gasteiger partial charge on any atom is -0.441 e. The van der Waals surface area contributed by atoms with Crippen LogP contribution in [0.3, 0.4) is 0 Å². The lowest BCUT2D eigenvalue weighted by atomic mass is 9.78. The second-order valence-corrected chi connectivity index (χ2v) is 8.05. The average Bonchev–Trinajstić information content (AvgIpc) is 3.16. The fourth-order valence-corrected chi connectivity index (χ4v) is 4.23. The van der Waals surface area contributed by atoms with Crippen molar-refractivity contribution in [3.05, 3.63) is 55.1 Å². The van der Waals surface area contributed by atoms with Crippen molar-refractivity contribution in [2.45, 2.75) is 31.3 Å². The number of halogens is 1. The van der Waals surface area contributed by atoms with Gasteiger partial charge >= 0.3 is 6.09 Å². The Morgan fingerprint density at radius 2 is 1.88 bits per heavy atom. The molecule has 166 valence electrons. The Kier molecular flexibility index (Phi) is 6.45. The third kappa shape index (κ3) is 4.62. The van der Waals surface area contributed by atoms with Crippen molar-refractivity contribution in [2.24, 2.45) is 5.92 Å². The van der Waals surface area contributed by atoms with Crippen molar-refractivity contribution in [3.63, 3.8) is 0 Å². The van der Waals surface area contributed by atoms with Crippen molar-refractivity contribution < 1.29 is 9.53 Å². The molecule has 9 nitrogen and oxygen atoms in total. The van der Waals surface area contributed by atoms with Crippen LogP contribution in [0.25, 0.3) is 11.4 Å². The number of pyridine rings is 1. The largest absolute Gasteiger partial charge is 0.441 e. The molecule has 1 saturated heterocycles. The number of ether oxygens (including phenoxy) is 1. The minimum atomic E-state index is -0.416. The van der Waals surface area contributed by atoms with E-state index < -0.39 is 5.60 Å². The monoisotopic (exact) mass is 453 g/mol. The van der Waals surface area contributed by atoms with Gasteiger partial charge in [0.2, 0.25) is 0 Å². The van der Waals surface area contributed by atoms with E-state index in [1.807, 2.05) is 12.1 Å². The summed E-state index contributed by atoms with van der Waals surface area (Å²) in [6, 6.07) is 9.27. The van der Waals surface area contributed by atoms with Gasteiger partial charge in [-0.15, -0.1) is 17.5 Å². The van der Waals surface area contributed by atoms with E-state index in [4.69, 9.17) is 4.74 Å². The molecule has 1 saturated carbocycles. The lowest BCUT2D eigenvalue weighted by molar-refractivity contribution is 0.0148. The Morgan fingerprint density at radius 1 is 1.06 bits per heavy atom. The van der Waals surface area contributed by atoms with E-state index in [-0.39, 0.29) is 18.5 Å².